The van der Waals surface area contributed by atoms with Crippen LogP contribution in [0.5, 0.6) is 0 Å². The molecule has 0 saturated carbocycles. The summed E-state index contributed by atoms with van der Waals surface area (Å²) in [5, 5.41) is 0. The Morgan fingerprint density at radius 1 is 1.56 bits per heavy atom. The van der Waals surface area contributed by atoms with Crippen molar-refractivity contribution in [3.05, 3.63) is 28.5 Å². The standard InChI is InChI=1S/C12H14BrNO2/c13-10-1-2-11(14-7-10)6-12(15)5-9-3-4-16-8-9/h1-2,7,9H,3-6,8H2. The second-order valence-electron chi connectivity index (χ2n) is 4.12. The number of Topliss-reactive ketones (excluding diaryl/α,β-unsaturated/α-hetero) is 1. The number of ketones is 1. The summed E-state index contributed by atoms with van der Waals surface area (Å²) in [5.74, 6) is 0.674. The van der Waals surface area contributed by atoms with Gasteiger partial charge in [-0.05, 0) is 40.4 Å². The number of aromatic nitrogens is 1. The number of rotatable bonds is 4. The summed E-state index contributed by atoms with van der Waals surface area (Å²) in [6.45, 7) is 1.54. The van der Waals surface area contributed by atoms with E-state index in [1.165, 1.54) is 0 Å². The third-order valence-corrected chi connectivity index (χ3v) is 3.18. The van der Waals surface area contributed by atoms with Gasteiger partial charge >= 0.3 is 0 Å². The number of hydrogen-bond acceptors (Lipinski definition) is 3. The molecule has 0 amide bonds. The van der Waals surface area contributed by atoms with Gasteiger partial charge in [0.05, 0.1) is 0 Å². The van der Waals surface area contributed by atoms with Crippen LogP contribution in [0.4, 0.5) is 0 Å². The Morgan fingerprint density at radius 2 is 2.44 bits per heavy atom. The highest BCUT2D eigenvalue weighted by molar-refractivity contribution is 9.10. The lowest BCUT2D eigenvalue weighted by atomic mass is 9.99. The second kappa shape index (κ2) is 5.55. The molecule has 4 heteroatoms. The summed E-state index contributed by atoms with van der Waals surface area (Å²) in [6.07, 6.45) is 3.79. The molecule has 1 saturated heterocycles. The summed E-state index contributed by atoms with van der Waals surface area (Å²) >= 11 is 3.32. The van der Waals surface area contributed by atoms with Crippen LogP contribution in [0.3, 0.4) is 0 Å². The van der Waals surface area contributed by atoms with Crippen molar-refractivity contribution in [2.24, 2.45) is 5.92 Å². The fraction of sp³-hybridized carbons (Fsp3) is 0.500. The van der Waals surface area contributed by atoms with Gasteiger partial charge in [-0.2, -0.15) is 0 Å². The molecule has 0 aromatic carbocycles. The molecule has 1 unspecified atom stereocenters. The minimum absolute atomic E-state index is 0.255. The van der Waals surface area contributed by atoms with Crippen molar-refractivity contribution in [3.8, 4) is 0 Å². The third kappa shape index (κ3) is 3.39. The molecule has 0 N–H and O–H groups in total. The minimum Gasteiger partial charge on any atom is -0.381 e. The molecule has 0 spiro atoms. The second-order valence-corrected chi connectivity index (χ2v) is 5.03. The molecule has 1 atom stereocenters. The van der Waals surface area contributed by atoms with Crippen LogP contribution in [0.15, 0.2) is 22.8 Å². The Labute approximate surface area is 103 Å². The van der Waals surface area contributed by atoms with Gasteiger partial charge in [0.25, 0.3) is 0 Å². The predicted octanol–water partition coefficient (Wildman–Crippen LogP) is 2.38. The van der Waals surface area contributed by atoms with Gasteiger partial charge < -0.3 is 4.74 Å². The van der Waals surface area contributed by atoms with Gasteiger partial charge in [0.2, 0.25) is 0 Å². The van der Waals surface area contributed by atoms with E-state index >= 15 is 0 Å². The largest absolute Gasteiger partial charge is 0.381 e. The number of carbonyl (C=O) groups excluding carboxylic acids is 1. The van der Waals surface area contributed by atoms with Crippen LogP contribution < -0.4 is 0 Å². The molecule has 16 heavy (non-hydrogen) atoms. The van der Waals surface area contributed by atoms with E-state index < -0.39 is 0 Å². The Bertz CT molecular complexity index is 358. The van der Waals surface area contributed by atoms with Gasteiger partial charge in [0, 0.05) is 42.4 Å². The quantitative estimate of drug-likeness (QED) is 0.852. The molecular weight excluding hydrogens is 270 g/mol. The van der Waals surface area contributed by atoms with Crippen molar-refractivity contribution in [2.75, 3.05) is 13.2 Å². The third-order valence-electron chi connectivity index (χ3n) is 2.71. The van der Waals surface area contributed by atoms with Crippen molar-refractivity contribution in [3.63, 3.8) is 0 Å². The van der Waals surface area contributed by atoms with E-state index in [1.54, 1.807) is 6.20 Å². The first-order valence-corrected chi connectivity index (χ1v) is 6.23. The molecule has 1 aromatic heterocycles. The van der Waals surface area contributed by atoms with E-state index in [0.29, 0.717) is 18.8 Å². The SMILES string of the molecule is O=C(Cc1ccc(Br)cn1)CC1CCOC1. The lowest BCUT2D eigenvalue weighted by Crippen LogP contribution is -2.11. The smallest absolute Gasteiger partial charge is 0.139 e. The number of carbonyl (C=O) groups is 1. The predicted molar refractivity (Wildman–Crippen MR) is 64.2 cm³/mol. The van der Waals surface area contributed by atoms with Gasteiger partial charge in [-0.3, -0.25) is 9.78 Å². The lowest BCUT2D eigenvalue weighted by Gasteiger charge is -2.05. The van der Waals surface area contributed by atoms with Crippen molar-refractivity contribution >= 4 is 21.7 Å². The Hall–Kier alpha value is -0.740. The summed E-state index contributed by atoms with van der Waals surface area (Å²) < 4.78 is 6.19. The fourth-order valence-electron chi connectivity index (χ4n) is 1.85. The molecular formula is C12H14BrNO2. The van der Waals surface area contributed by atoms with Crippen LogP contribution in [0.1, 0.15) is 18.5 Å². The maximum absolute atomic E-state index is 11.7. The average molecular weight is 284 g/mol. The molecule has 0 radical (unpaired) electrons. The molecule has 0 aliphatic carbocycles. The Kier molecular flexibility index (Phi) is 4.07. The van der Waals surface area contributed by atoms with Crippen molar-refractivity contribution in [1.82, 2.24) is 4.98 Å². The van der Waals surface area contributed by atoms with E-state index in [2.05, 4.69) is 20.9 Å². The van der Waals surface area contributed by atoms with Crippen LogP contribution in [0, 0.1) is 5.92 Å². The zero-order chi connectivity index (χ0) is 11.4. The topological polar surface area (TPSA) is 39.2 Å². The summed E-state index contributed by atoms with van der Waals surface area (Å²) in [4.78, 5) is 15.9. The van der Waals surface area contributed by atoms with E-state index in [9.17, 15) is 4.79 Å². The van der Waals surface area contributed by atoms with Crippen molar-refractivity contribution in [1.29, 1.82) is 0 Å². The first-order chi connectivity index (χ1) is 7.74. The van der Waals surface area contributed by atoms with Crippen molar-refractivity contribution in [2.45, 2.75) is 19.3 Å². The van der Waals surface area contributed by atoms with Gasteiger partial charge in [-0.15, -0.1) is 0 Å². The highest BCUT2D eigenvalue weighted by atomic mass is 79.9. The zero-order valence-corrected chi connectivity index (χ0v) is 10.6. The van der Waals surface area contributed by atoms with Crippen LogP contribution in [-0.2, 0) is 16.0 Å². The monoisotopic (exact) mass is 283 g/mol. The highest BCUT2D eigenvalue weighted by Gasteiger charge is 2.19. The number of ether oxygens (including phenoxy) is 1. The first kappa shape index (κ1) is 11.7. The normalized spacial score (nSPS) is 19.9. The molecule has 1 aliphatic heterocycles. The molecule has 86 valence electrons. The van der Waals surface area contributed by atoms with Crippen LogP contribution in [0.25, 0.3) is 0 Å². The van der Waals surface area contributed by atoms with Gasteiger partial charge in [0.1, 0.15) is 5.78 Å². The summed E-state index contributed by atoms with van der Waals surface area (Å²) in [7, 11) is 0. The molecule has 1 fully saturated rings. The number of halogens is 1. The number of nitrogens with zero attached hydrogens (tertiary/aromatic N) is 1. The first-order valence-electron chi connectivity index (χ1n) is 5.44. The molecule has 2 heterocycles. The van der Waals surface area contributed by atoms with Gasteiger partial charge in [0.15, 0.2) is 0 Å². The van der Waals surface area contributed by atoms with Gasteiger partial charge in [-0.1, -0.05) is 0 Å². The summed E-state index contributed by atoms with van der Waals surface area (Å²) in [5.41, 5.74) is 0.840. The number of pyridine rings is 1. The molecule has 0 bridgehead atoms. The van der Waals surface area contributed by atoms with Gasteiger partial charge in [-0.25, -0.2) is 0 Å². The maximum atomic E-state index is 11.7. The van der Waals surface area contributed by atoms with E-state index in [-0.39, 0.29) is 5.78 Å². The maximum Gasteiger partial charge on any atom is 0.139 e. The molecule has 3 nitrogen and oxygen atoms in total. The van der Waals surface area contributed by atoms with Crippen LogP contribution in [-0.4, -0.2) is 24.0 Å². The zero-order valence-electron chi connectivity index (χ0n) is 8.99. The van der Waals surface area contributed by atoms with E-state index in [1.807, 2.05) is 12.1 Å². The van der Waals surface area contributed by atoms with E-state index in [4.69, 9.17) is 4.74 Å². The highest BCUT2D eigenvalue weighted by Crippen LogP contribution is 2.17. The Balaban J connectivity index is 1.84. The number of hydrogen-bond donors (Lipinski definition) is 0. The van der Waals surface area contributed by atoms with Crippen LogP contribution >= 0.6 is 15.9 Å². The fourth-order valence-corrected chi connectivity index (χ4v) is 2.09. The average Bonchev–Trinajstić information content (AvgIpc) is 2.74. The van der Waals surface area contributed by atoms with E-state index in [0.717, 1.165) is 29.8 Å². The lowest BCUT2D eigenvalue weighted by molar-refractivity contribution is -0.119. The summed E-state index contributed by atoms with van der Waals surface area (Å²) in [6, 6.07) is 3.79. The Morgan fingerprint density at radius 3 is 3.06 bits per heavy atom. The van der Waals surface area contributed by atoms with Crippen LogP contribution in [0.2, 0.25) is 0 Å². The van der Waals surface area contributed by atoms with Crippen molar-refractivity contribution < 1.29 is 9.53 Å². The molecule has 1 aliphatic rings. The minimum atomic E-state index is 0.255. The molecule has 2 rings (SSSR count). The molecule has 1 aromatic rings.